The number of carbonyl (C=O) groups excluding carboxylic acids is 2. The van der Waals surface area contributed by atoms with Crippen molar-refractivity contribution in [3.63, 3.8) is 0 Å². The first-order chi connectivity index (χ1) is 10.3. The number of rotatable bonds is 7. The number of amides is 1. The largest absolute Gasteiger partial charge is 0.422 e. The lowest BCUT2D eigenvalue weighted by Crippen LogP contribution is -2.31. The van der Waals surface area contributed by atoms with Gasteiger partial charge in [-0.1, -0.05) is 18.2 Å². The van der Waals surface area contributed by atoms with Gasteiger partial charge in [0.2, 0.25) is 6.29 Å². The molecule has 1 atom stereocenters. The van der Waals surface area contributed by atoms with Crippen molar-refractivity contribution in [2.24, 2.45) is 0 Å². The SMILES string of the molecule is CC(OC(=O)NCCCS(=O)(=O)O)OC(=O)c1ccccc1. The van der Waals surface area contributed by atoms with E-state index in [4.69, 9.17) is 14.0 Å². The zero-order valence-corrected chi connectivity index (χ0v) is 12.7. The Morgan fingerprint density at radius 2 is 1.86 bits per heavy atom. The number of esters is 1. The Labute approximate surface area is 128 Å². The zero-order chi connectivity index (χ0) is 16.6. The van der Waals surface area contributed by atoms with Crippen LogP contribution in [0.3, 0.4) is 0 Å². The minimum atomic E-state index is -4.05. The molecule has 2 N–H and O–H groups in total. The Hall–Kier alpha value is -2.13. The minimum Gasteiger partial charge on any atom is -0.422 e. The Morgan fingerprint density at radius 3 is 2.45 bits per heavy atom. The number of hydrogen-bond acceptors (Lipinski definition) is 6. The predicted molar refractivity (Wildman–Crippen MR) is 76.8 cm³/mol. The van der Waals surface area contributed by atoms with Crippen LogP contribution in [0.2, 0.25) is 0 Å². The predicted octanol–water partition coefficient (Wildman–Crippen LogP) is 1.19. The van der Waals surface area contributed by atoms with Gasteiger partial charge in [-0.05, 0) is 18.6 Å². The molecule has 0 spiro atoms. The molecule has 0 aromatic heterocycles. The third-order valence-corrected chi connectivity index (χ3v) is 3.21. The average Bonchev–Trinajstić information content (AvgIpc) is 2.43. The van der Waals surface area contributed by atoms with E-state index in [0.717, 1.165) is 0 Å². The van der Waals surface area contributed by atoms with Crippen LogP contribution in [0.1, 0.15) is 23.7 Å². The maximum atomic E-state index is 11.7. The molecule has 0 saturated carbocycles. The van der Waals surface area contributed by atoms with Gasteiger partial charge in [0, 0.05) is 13.5 Å². The van der Waals surface area contributed by atoms with Gasteiger partial charge in [0.05, 0.1) is 11.3 Å². The molecule has 9 heteroatoms. The van der Waals surface area contributed by atoms with Crippen LogP contribution in [0.15, 0.2) is 30.3 Å². The second-order valence-corrected chi connectivity index (χ2v) is 5.88. The topological polar surface area (TPSA) is 119 Å². The maximum Gasteiger partial charge on any atom is 0.410 e. The standard InChI is InChI=1S/C13H17NO7S/c1-10(20-12(15)11-6-3-2-4-7-11)21-13(16)14-8-5-9-22(17,18)19/h2-4,6-7,10H,5,8-9H2,1H3,(H,14,16)(H,17,18,19). The molecule has 0 aliphatic heterocycles. The first-order valence-electron chi connectivity index (χ1n) is 6.43. The summed E-state index contributed by atoms with van der Waals surface area (Å²) in [5, 5.41) is 2.27. The van der Waals surface area contributed by atoms with Crippen LogP contribution in [-0.4, -0.2) is 43.6 Å². The van der Waals surface area contributed by atoms with Crippen molar-refractivity contribution in [3.05, 3.63) is 35.9 Å². The van der Waals surface area contributed by atoms with E-state index in [-0.39, 0.29) is 13.0 Å². The van der Waals surface area contributed by atoms with Crippen LogP contribution >= 0.6 is 0 Å². The third kappa shape index (κ3) is 7.60. The molecule has 0 radical (unpaired) electrons. The fourth-order valence-corrected chi connectivity index (χ4v) is 1.96. The molecular formula is C13H17NO7S. The van der Waals surface area contributed by atoms with E-state index in [1.54, 1.807) is 30.3 Å². The molecule has 1 unspecified atom stereocenters. The van der Waals surface area contributed by atoms with Crippen LogP contribution in [-0.2, 0) is 19.6 Å². The number of alkyl carbamates (subject to hydrolysis) is 1. The van der Waals surface area contributed by atoms with Crippen LogP contribution in [0, 0.1) is 0 Å². The lowest BCUT2D eigenvalue weighted by molar-refractivity contribution is -0.0600. The Kier molecular flexibility index (Phi) is 6.80. The van der Waals surface area contributed by atoms with E-state index in [9.17, 15) is 18.0 Å². The quantitative estimate of drug-likeness (QED) is 0.333. The fourth-order valence-electron chi connectivity index (χ4n) is 1.45. The Balaban J connectivity index is 2.28. The molecule has 0 fully saturated rings. The molecule has 1 aromatic rings. The highest BCUT2D eigenvalue weighted by atomic mass is 32.2. The molecule has 0 aliphatic carbocycles. The van der Waals surface area contributed by atoms with Crippen LogP contribution in [0.4, 0.5) is 4.79 Å². The van der Waals surface area contributed by atoms with Crippen molar-refractivity contribution in [2.75, 3.05) is 12.3 Å². The summed E-state index contributed by atoms with van der Waals surface area (Å²) in [6.07, 6.45) is -1.93. The number of nitrogens with one attached hydrogen (secondary N) is 1. The van der Waals surface area contributed by atoms with E-state index in [1.165, 1.54) is 6.92 Å². The van der Waals surface area contributed by atoms with Gasteiger partial charge in [-0.2, -0.15) is 8.42 Å². The van der Waals surface area contributed by atoms with Gasteiger partial charge in [-0.3, -0.25) is 4.55 Å². The Morgan fingerprint density at radius 1 is 1.23 bits per heavy atom. The van der Waals surface area contributed by atoms with Crippen LogP contribution < -0.4 is 5.32 Å². The highest BCUT2D eigenvalue weighted by Gasteiger charge is 2.15. The molecule has 122 valence electrons. The second-order valence-electron chi connectivity index (χ2n) is 4.31. The minimum absolute atomic E-state index is 0.00201. The molecule has 0 heterocycles. The number of carbonyl (C=O) groups is 2. The molecular weight excluding hydrogens is 314 g/mol. The van der Waals surface area contributed by atoms with Crippen molar-refractivity contribution in [3.8, 4) is 0 Å². The van der Waals surface area contributed by atoms with Gasteiger partial charge in [0.25, 0.3) is 10.1 Å². The first-order valence-corrected chi connectivity index (χ1v) is 8.04. The van der Waals surface area contributed by atoms with Gasteiger partial charge in [0.1, 0.15) is 0 Å². The summed E-state index contributed by atoms with van der Waals surface area (Å²) in [5.41, 5.74) is 0.325. The van der Waals surface area contributed by atoms with Crippen LogP contribution in [0.5, 0.6) is 0 Å². The van der Waals surface area contributed by atoms with E-state index < -0.39 is 34.2 Å². The summed E-state index contributed by atoms with van der Waals surface area (Å²) in [6.45, 7) is 1.37. The highest BCUT2D eigenvalue weighted by molar-refractivity contribution is 7.85. The molecule has 1 aromatic carbocycles. The molecule has 1 rings (SSSR count). The fraction of sp³-hybridized carbons (Fsp3) is 0.385. The summed E-state index contributed by atoms with van der Waals surface area (Å²) in [6, 6.07) is 8.21. The number of ether oxygens (including phenoxy) is 2. The maximum absolute atomic E-state index is 11.7. The zero-order valence-electron chi connectivity index (χ0n) is 11.9. The summed E-state index contributed by atoms with van der Waals surface area (Å²) < 4.78 is 39.1. The summed E-state index contributed by atoms with van der Waals surface area (Å²) in [5.74, 6) is -1.10. The van der Waals surface area contributed by atoms with E-state index in [0.29, 0.717) is 5.56 Å². The molecule has 8 nitrogen and oxygen atoms in total. The summed E-state index contributed by atoms with van der Waals surface area (Å²) >= 11 is 0. The van der Waals surface area contributed by atoms with Crippen molar-refractivity contribution in [2.45, 2.75) is 19.6 Å². The van der Waals surface area contributed by atoms with Gasteiger partial charge in [-0.15, -0.1) is 0 Å². The molecule has 22 heavy (non-hydrogen) atoms. The second kappa shape index (κ2) is 8.35. The van der Waals surface area contributed by atoms with Crippen molar-refractivity contribution in [1.29, 1.82) is 0 Å². The monoisotopic (exact) mass is 331 g/mol. The van der Waals surface area contributed by atoms with Crippen molar-refractivity contribution >= 4 is 22.2 Å². The van der Waals surface area contributed by atoms with Crippen LogP contribution in [0.25, 0.3) is 0 Å². The molecule has 1 amide bonds. The molecule has 0 aliphatic rings. The third-order valence-electron chi connectivity index (χ3n) is 2.40. The summed E-state index contributed by atoms with van der Waals surface area (Å²) in [7, 11) is -4.05. The lowest BCUT2D eigenvalue weighted by Gasteiger charge is -2.14. The van der Waals surface area contributed by atoms with E-state index in [1.807, 2.05) is 0 Å². The average molecular weight is 331 g/mol. The highest BCUT2D eigenvalue weighted by Crippen LogP contribution is 2.04. The van der Waals surface area contributed by atoms with Gasteiger partial charge in [-0.25, -0.2) is 9.59 Å². The van der Waals surface area contributed by atoms with Gasteiger partial charge >= 0.3 is 12.1 Å². The van der Waals surface area contributed by atoms with Gasteiger partial charge < -0.3 is 14.8 Å². The molecule has 0 saturated heterocycles. The van der Waals surface area contributed by atoms with E-state index in [2.05, 4.69) is 5.32 Å². The van der Waals surface area contributed by atoms with E-state index >= 15 is 0 Å². The van der Waals surface area contributed by atoms with Crippen molar-refractivity contribution in [1.82, 2.24) is 5.32 Å². The summed E-state index contributed by atoms with van der Waals surface area (Å²) in [4.78, 5) is 23.0. The van der Waals surface area contributed by atoms with Gasteiger partial charge in [0.15, 0.2) is 0 Å². The lowest BCUT2D eigenvalue weighted by atomic mass is 10.2. The number of benzene rings is 1. The Bertz CT molecular complexity index is 600. The smallest absolute Gasteiger partial charge is 0.410 e. The van der Waals surface area contributed by atoms with Crippen molar-refractivity contribution < 1.29 is 32.0 Å². The number of hydrogen-bond donors (Lipinski definition) is 2. The first kappa shape index (κ1) is 17.9. The normalized spacial score (nSPS) is 12.3. The molecule has 0 bridgehead atoms.